The van der Waals surface area contributed by atoms with Crippen LogP contribution in [0.2, 0.25) is 10.0 Å². The van der Waals surface area contributed by atoms with E-state index in [1.165, 1.54) is 28.1 Å². The Labute approximate surface area is 246 Å². The minimum absolute atomic E-state index is 0.00338. The fraction of sp³-hybridized carbons (Fsp3) is 0.367. The van der Waals surface area contributed by atoms with E-state index in [0.717, 1.165) is 37.2 Å². The Morgan fingerprint density at radius 1 is 0.900 bits per heavy atom. The molecule has 0 bridgehead atoms. The second kappa shape index (κ2) is 13.0. The van der Waals surface area contributed by atoms with E-state index in [4.69, 9.17) is 27.9 Å². The van der Waals surface area contributed by atoms with Crippen molar-refractivity contribution in [1.82, 2.24) is 14.1 Å². The number of hydrogen-bond acceptors (Lipinski definition) is 5. The number of hydrogen-bond donors (Lipinski definition) is 0. The molecule has 212 valence electrons. The Bertz CT molecular complexity index is 1440. The average molecular weight is 603 g/mol. The van der Waals surface area contributed by atoms with E-state index < -0.39 is 16.1 Å². The highest BCUT2D eigenvalue weighted by Gasteiger charge is 2.37. The SMILES string of the molecule is O=C(COCC1Cc2ccccc2CN1S(=O)(=O)c1ccc(Cl)cc1Cl)N1CCCN(Cc2ccccc2)CC1. The summed E-state index contributed by atoms with van der Waals surface area (Å²) in [5.41, 5.74) is 3.27. The molecule has 2 heterocycles. The molecule has 3 aromatic carbocycles. The molecule has 1 unspecified atom stereocenters. The molecule has 1 saturated heterocycles. The second-order valence-electron chi connectivity index (χ2n) is 10.3. The first-order chi connectivity index (χ1) is 19.3. The number of nitrogens with zero attached hydrogens (tertiary/aromatic N) is 3. The minimum Gasteiger partial charge on any atom is -0.370 e. The first kappa shape index (κ1) is 29.0. The molecule has 1 fully saturated rings. The first-order valence-corrected chi connectivity index (χ1v) is 15.7. The molecule has 0 radical (unpaired) electrons. The lowest BCUT2D eigenvalue weighted by atomic mass is 9.96. The van der Waals surface area contributed by atoms with Gasteiger partial charge in [-0.1, -0.05) is 77.8 Å². The van der Waals surface area contributed by atoms with Gasteiger partial charge in [0, 0.05) is 44.3 Å². The zero-order chi connectivity index (χ0) is 28.1. The van der Waals surface area contributed by atoms with Crippen LogP contribution in [0.4, 0.5) is 0 Å². The van der Waals surface area contributed by atoms with Crippen molar-refractivity contribution < 1.29 is 17.9 Å². The maximum absolute atomic E-state index is 13.7. The largest absolute Gasteiger partial charge is 0.370 e. The summed E-state index contributed by atoms with van der Waals surface area (Å²) in [5, 5.41) is 0.437. The van der Waals surface area contributed by atoms with Crippen LogP contribution in [0, 0.1) is 0 Å². The summed E-state index contributed by atoms with van der Waals surface area (Å²) in [5.74, 6) is -0.0760. The molecule has 1 amide bonds. The lowest BCUT2D eigenvalue weighted by molar-refractivity contribution is -0.136. The van der Waals surface area contributed by atoms with E-state index in [1.54, 1.807) is 0 Å². The molecular formula is C30H33Cl2N3O4S. The highest BCUT2D eigenvalue weighted by atomic mass is 35.5. The van der Waals surface area contributed by atoms with Crippen molar-refractivity contribution in [3.8, 4) is 0 Å². The molecule has 1 atom stereocenters. The molecule has 10 heteroatoms. The van der Waals surface area contributed by atoms with Crippen LogP contribution in [0.5, 0.6) is 0 Å². The van der Waals surface area contributed by atoms with Crippen LogP contribution in [-0.4, -0.2) is 73.9 Å². The Kier molecular flexibility index (Phi) is 9.45. The Morgan fingerprint density at radius 3 is 2.42 bits per heavy atom. The summed E-state index contributed by atoms with van der Waals surface area (Å²) in [6.07, 6.45) is 1.37. The van der Waals surface area contributed by atoms with Crippen molar-refractivity contribution in [2.75, 3.05) is 39.4 Å². The van der Waals surface area contributed by atoms with Gasteiger partial charge in [-0.25, -0.2) is 8.42 Å². The predicted molar refractivity (Wildman–Crippen MR) is 157 cm³/mol. The molecule has 2 aliphatic rings. The summed E-state index contributed by atoms with van der Waals surface area (Å²) in [6, 6.07) is 22.0. The number of carbonyl (C=O) groups excluding carboxylic acids is 1. The van der Waals surface area contributed by atoms with Crippen molar-refractivity contribution >= 4 is 39.1 Å². The maximum Gasteiger partial charge on any atom is 0.248 e. The third-order valence-electron chi connectivity index (χ3n) is 7.51. The van der Waals surface area contributed by atoms with Crippen molar-refractivity contribution in [2.24, 2.45) is 0 Å². The number of amides is 1. The first-order valence-electron chi connectivity index (χ1n) is 13.5. The third kappa shape index (κ3) is 6.87. The lowest BCUT2D eigenvalue weighted by Gasteiger charge is -2.36. The fourth-order valence-corrected chi connectivity index (χ4v) is 7.73. The van der Waals surface area contributed by atoms with Crippen molar-refractivity contribution in [3.05, 3.63) is 99.5 Å². The van der Waals surface area contributed by atoms with Gasteiger partial charge in [-0.3, -0.25) is 9.69 Å². The summed E-state index contributed by atoms with van der Waals surface area (Å²) < 4.78 is 34.8. The van der Waals surface area contributed by atoms with Gasteiger partial charge < -0.3 is 9.64 Å². The van der Waals surface area contributed by atoms with Crippen molar-refractivity contribution in [3.63, 3.8) is 0 Å². The van der Waals surface area contributed by atoms with Crippen LogP contribution in [0.1, 0.15) is 23.1 Å². The smallest absolute Gasteiger partial charge is 0.248 e. The fourth-order valence-electron chi connectivity index (χ4n) is 5.39. The number of carbonyl (C=O) groups is 1. The van der Waals surface area contributed by atoms with E-state index >= 15 is 0 Å². The molecule has 0 spiro atoms. The van der Waals surface area contributed by atoms with Crippen LogP contribution in [0.25, 0.3) is 0 Å². The molecule has 3 aromatic rings. The standard InChI is InChI=1S/C30H33Cl2N3O4S/c31-26-11-12-29(28(32)18-26)40(37,38)35-20-25-10-5-4-9-24(25)17-27(35)21-39-22-30(36)34-14-6-13-33(15-16-34)19-23-7-2-1-3-8-23/h1-5,7-12,18,27H,6,13-17,19-22H2. The third-order valence-corrected chi connectivity index (χ3v) is 10.1. The van der Waals surface area contributed by atoms with E-state index in [-0.39, 0.29) is 35.6 Å². The van der Waals surface area contributed by atoms with Crippen LogP contribution >= 0.6 is 23.2 Å². The summed E-state index contributed by atoms with van der Waals surface area (Å²) in [7, 11) is -3.95. The number of halogens is 2. The van der Waals surface area contributed by atoms with Gasteiger partial charge in [0.1, 0.15) is 11.5 Å². The van der Waals surface area contributed by atoms with Gasteiger partial charge in [0.05, 0.1) is 17.7 Å². The number of benzene rings is 3. The van der Waals surface area contributed by atoms with Crippen LogP contribution in [-0.2, 0) is 39.1 Å². The monoisotopic (exact) mass is 601 g/mol. The topological polar surface area (TPSA) is 70.2 Å². The van der Waals surface area contributed by atoms with Crippen LogP contribution in [0.3, 0.4) is 0 Å². The average Bonchev–Trinajstić information content (AvgIpc) is 3.18. The van der Waals surface area contributed by atoms with Gasteiger partial charge in [-0.2, -0.15) is 4.31 Å². The number of ether oxygens (including phenoxy) is 1. The molecule has 0 saturated carbocycles. The normalized spacial score (nSPS) is 18.8. The summed E-state index contributed by atoms with van der Waals surface area (Å²) in [4.78, 5) is 17.3. The quantitative estimate of drug-likeness (QED) is 0.369. The molecule has 0 N–H and O–H groups in total. The number of rotatable bonds is 8. The maximum atomic E-state index is 13.7. The van der Waals surface area contributed by atoms with Gasteiger partial charge in [0.2, 0.25) is 15.9 Å². The molecule has 0 aliphatic carbocycles. The van der Waals surface area contributed by atoms with Gasteiger partial charge in [0.15, 0.2) is 0 Å². The van der Waals surface area contributed by atoms with Gasteiger partial charge >= 0.3 is 0 Å². The molecule has 0 aromatic heterocycles. The Hall–Kier alpha value is -2.46. The van der Waals surface area contributed by atoms with E-state index in [1.807, 2.05) is 47.4 Å². The number of sulfonamides is 1. The zero-order valence-electron chi connectivity index (χ0n) is 22.2. The lowest BCUT2D eigenvalue weighted by Crippen LogP contribution is -2.47. The van der Waals surface area contributed by atoms with E-state index in [2.05, 4.69) is 17.0 Å². The summed E-state index contributed by atoms with van der Waals surface area (Å²) in [6.45, 7) is 4.12. The molecule has 5 rings (SSSR count). The molecule has 40 heavy (non-hydrogen) atoms. The highest BCUT2D eigenvalue weighted by Crippen LogP contribution is 2.33. The van der Waals surface area contributed by atoms with Crippen molar-refractivity contribution in [2.45, 2.75) is 36.9 Å². The van der Waals surface area contributed by atoms with Crippen LogP contribution < -0.4 is 0 Å². The van der Waals surface area contributed by atoms with Crippen LogP contribution in [0.15, 0.2) is 77.7 Å². The molecule has 7 nitrogen and oxygen atoms in total. The molecule has 2 aliphatic heterocycles. The van der Waals surface area contributed by atoms with E-state index in [0.29, 0.717) is 24.5 Å². The summed E-state index contributed by atoms with van der Waals surface area (Å²) >= 11 is 12.3. The van der Waals surface area contributed by atoms with E-state index in [9.17, 15) is 13.2 Å². The zero-order valence-corrected chi connectivity index (χ0v) is 24.5. The Morgan fingerprint density at radius 2 is 1.65 bits per heavy atom. The highest BCUT2D eigenvalue weighted by molar-refractivity contribution is 7.89. The Balaban J connectivity index is 1.22. The molecular weight excluding hydrogens is 569 g/mol. The van der Waals surface area contributed by atoms with Gasteiger partial charge in [0.25, 0.3) is 0 Å². The predicted octanol–water partition coefficient (Wildman–Crippen LogP) is 4.86. The minimum atomic E-state index is -3.95. The van der Waals surface area contributed by atoms with Gasteiger partial charge in [-0.05, 0) is 47.7 Å². The second-order valence-corrected chi connectivity index (χ2v) is 13.0. The van der Waals surface area contributed by atoms with Gasteiger partial charge in [-0.15, -0.1) is 0 Å². The van der Waals surface area contributed by atoms with Crippen molar-refractivity contribution in [1.29, 1.82) is 0 Å². The number of fused-ring (bicyclic) bond motifs is 1.